The Balaban J connectivity index is 1.95. The fourth-order valence-corrected chi connectivity index (χ4v) is 3.61. The van der Waals surface area contributed by atoms with Crippen molar-refractivity contribution in [2.24, 2.45) is 7.05 Å². The number of aromatic nitrogens is 1. The van der Waals surface area contributed by atoms with E-state index in [2.05, 4.69) is 16.7 Å². The third-order valence-electron chi connectivity index (χ3n) is 4.29. The van der Waals surface area contributed by atoms with Gasteiger partial charge in [-0.25, -0.2) is 0 Å². The van der Waals surface area contributed by atoms with Crippen molar-refractivity contribution < 1.29 is 14.3 Å². The number of benzene rings is 2. The van der Waals surface area contributed by atoms with Crippen molar-refractivity contribution in [2.75, 3.05) is 20.5 Å². The Morgan fingerprint density at radius 1 is 1.15 bits per heavy atom. The molecule has 0 fully saturated rings. The molecule has 134 valence electrons. The number of carbonyl (C=O) groups excluding carboxylic acids is 1. The molecule has 0 N–H and O–H groups in total. The highest BCUT2D eigenvalue weighted by molar-refractivity contribution is 7.98. The molecule has 0 spiro atoms. The molecule has 0 saturated carbocycles. The monoisotopic (exact) mass is 367 g/mol. The molecule has 4 nitrogen and oxygen atoms in total. The number of methoxy groups -OCH3 is 2. The van der Waals surface area contributed by atoms with Crippen molar-refractivity contribution in [3.8, 4) is 11.5 Å². The number of carbonyl (C=O) groups is 1. The van der Waals surface area contributed by atoms with Gasteiger partial charge in [0.25, 0.3) is 0 Å². The SMILES string of the molecule is COc1cc(C(=O)/C=C/c2cn(C)c3ccccc23)cc(SC)c1OC. The number of para-hydroxylation sites is 1. The van der Waals surface area contributed by atoms with Crippen LogP contribution in [0.5, 0.6) is 11.5 Å². The highest BCUT2D eigenvalue weighted by Crippen LogP contribution is 2.38. The van der Waals surface area contributed by atoms with E-state index in [1.807, 2.05) is 43.8 Å². The van der Waals surface area contributed by atoms with E-state index in [0.29, 0.717) is 17.1 Å². The Kier molecular flexibility index (Phi) is 5.38. The molecule has 0 aliphatic heterocycles. The lowest BCUT2D eigenvalue weighted by molar-refractivity contribution is 0.104. The maximum Gasteiger partial charge on any atom is 0.186 e. The van der Waals surface area contributed by atoms with Gasteiger partial charge in [0.05, 0.1) is 19.1 Å². The van der Waals surface area contributed by atoms with Gasteiger partial charge in [-0.2, -0.15) is 0 Å². The molecule has 0 unspecified atom stereocenters. The van der Waals surface area contributed by atoms with Crippen molar-refractivity contribution >= 4 is 34.5 Å². The van der Waals surface area contributed by atoms with E-state index < -0.39 is 0 Å². The zero-order valence-electron chi connectivity index (χ0n) is 15.3. The van der Waals surface area contributed by atoms with E-state index in [0.717, 1.165) is 21.4 Å². The van der Waals surface area contributed by atoms with Gasteiger partial charge in [0.2, 0.25) is 0 Å². The average Bonchev–Trinajstić information content (AvgIpc) is 3.00. The van der Waals surface area contributed by atoms with Crippen LogP contribution in [0.3, 0.4) is 0 Å². The second-order valence-corrected chi connectivity index (χ2v) is 6.67. The average molecular weight is 367 g/mol. The Labute approximate surface area is 157 Å². The molecule has 3 aromatic rings. The van der Waals surface area contributed by atoms with Crippen LogP contribution in [-0.4, -0.2) is 30.8 Å². The largest absolute Gasteiger partial charge is 0.493 e. The number of rotatable bonds is 6. The van der Waals surface area contributed by atoms with E-state index in [-0.39, 0.29) is 5.78 Å². The fraction of sp³-hybridized carbons (Fsp3) is 0.190. The second-order valence-electron chi connectivity index (χ2n) is 5.82. The lowest BCUT2D eigenvalue weighted by Gasteiger charge is -2.12. The standard InChI is InChI=1S/C21H21NO3S/c1-22-13-14(16-7-5-6-8-17(16)22)9-10-18(23)15-11-19(24-2)21(25-3)20(12-15)26-4/h5-13H,1-4H3/b10-9+. The topological polar surface area (TPSA) is 40.5 Å². The first kappa shape index (κ1) is 18.1. The molecule has 26 heavy (non-hydrogen) atoms. The fourth-order valence-electron chi connectivity index (χ4n) is 2.99. The van der Waals surface area contributed by atoms with Crippen LogP contribution in [0, 0.1) is 0 Å². The molecule has 1 heterocycles. The van der Waals surface area contributed by atoms with Gasteiger partial charge in [-0.05, 0) is 36.6 Å². The normalized spacial score (nSPS) is 11.2. The first-order valence-corrected chi connectivity index (χ1v) is 9.38. The number of hydrogen-bond donors (Lipinski definition) is 0. The molecular formula is C21H21NO3S. The zero-order chi connectivity index (χ0) is 18.7. The third kappa shape index (κ3) is 3.35. The van der Waals surface area contributed by atoms with Crippen molar-refractivity contribution in [1.82, 2.24) is 4.57 Å². The maximum absolute atomic E-state index is 12.7. The molecule has 0 aliphatic rings. The summed E-state index contributed by atoms with van der Waals surface area (Å²) in [4.78, 5) is 13.6. The molecule has 0 aliphatic carbocycles. The summed E-state index contributed by atoms with van der Waals surface area (Å²) in [7, 11) is 5.17. The summed E-state index contributed by atoms with van der Waals surface area (Å²) in [6, 6.07) is 11.7. The molecular weight excluding hydrogens is 346 g/mol. The predicted molar refractivity (Wildman–Crippen MR) is 108 cm³/mol. The Hall–Kier alpha value is -2.66. The number of nitrogens with zero attached hydrogens (tertiary/aromatic N) is 1. The van der Waals surface area contributed by atoms with Crippen molar-refractivity contribution in [1.29, 1.82) is 0 Å². The maximum atomic E-state index is 12.7. The van der Waals surface area contributed by atoms with Gasteiger partial charge in [0.1, 0.15) is 0 Å². The summed E-state index contributed by atoms with van der Waals surface area (Å²) in [6.45, 7) is 0. The third-order valence-corrected chi connectivity index (χ3v) is 5.03. The number of ketones is 1. The second kappa shape index (κ2) is 7.70. The first-order chi connectivity index (χ1) is 12.6. The molecule has 0 radical (unpaired) electrons. The van der Waals surface area contributed by atoms with Gasteiger partial charge in [0, 0.05) is 35.3 Å². The van der Waals surface area contributed by atoms with Crippen molar-refractivity contribution in [3.05, 3.63) is 59.8 Å². The molecule has 5 heteroatoms. The molecule has 0 saturated heterocycles. The quantitative estimate of drug-likeness (QED) is 0.356. The summed E-state index contributed by atoms with van der Waals surface area (Å²) in [6.07, 6.45) is 7.43. The molecule has 1 aromatic heterocycles. The van der Waals surface area contributed by atoms with E-state index >= 15 is 0 Å². The summed E-state index contributed by atoms with van der Waals surface area (Å²) < 4.78 is 12.8. The van der Waals surface area contributed by atoms with Crippen LogP contribution < -0.4 is 9.47 Å². The molecule has 0 atom stereocenters. The summed E-state index contributed by atoms with van der Waals surface area (Å²) in [5.74, 6) is 1.13. The minimum Gasteiger partial charge on any atom is -0.493 e. The van der Waals surface area contributed by atoms with Crippen LogP contribution in [0.2, 0.25) is 0 Å². The Morgan fingerprint density at radius 3 is 2.62 bits per heavy atom. The van der Waals surface area contributed by atoms with Gasteiger partial charge < -0.3 is 14.0 Å². The van der Waals surface area contributed by atoms with Crippen molar-refractivity contribution in [3.63, 3.8) is 0 Å². The van der Waals surface area contributed by atoms with E-state index in [1.54, 1.807) is 26.4 Å². The molecule has 0 bridgehead atoms. The minimum absolute atomic E-state index is 0.0748. The molecule has 0 amide bonds. The minimum atomic E-state index is -0.0748. The smallest absolute Gasteiger partial charge is 0.186 e. The Bertz CT molecular complexity index is 963. The number of hydrogen-bond acceptors (Lipinski definition) is 4. The summed E-state index contributed by atoms with van der Waals surface area (Å²) >= 11 is 1.52. The number of allylic oxidation sites excluding steroid dienone is 1. The van der Waals surface area contributed by atoms with Gasteiger partial charge in [-0.3, -0.25) is 4.79 Å². The molecule has 3 rings (SSSR count). The van der Waals surface area contributed by atoms with Crippen LogP contribution in [0.15, 0.2) is 53.6 Å². The number of aryl methyl sites for hydroxylation is 1. The van der Waals surface area contributed by atoms with Gasteiger partial charge in [0.15, 0.2) is 17.3 Å². The number of ether oxygens (including phenoxy) is 2. The lowest BCUT2D eigenvalue weighted by Crippen LogP contribution is -1.99. The highest BCUT2D eigenvalue weighted by atomic mass is 32.2. The predicted octanol–water partition coefficient (Wildman–Crippen LogP) is 4.81. The van der Waals surface area contributed by atoms with Crippen molar-refractivity contribution in [2.45, 2.75) is 4.90 Å². The van der Waals surface area contributed by atoms with Gasteiger partial charge >= 0.3 is 0 Å². The van der Waals surface area contributed by atoms with Crippen LogP contribution >= 0.6 is 11.8 Å². The van der Waals surface area contributed by atoms with E-state index in [4.69, 9.17) is 9.47 Å². The zero-order valence-corrected chi connectivity index (χ0v) is 16.1. The van der Waals surface area contributed by atoms with Gasteiger partial charge in [-0.15, -0.1) is 11.8 Å². The van der Waals surface area contributed by atoms with Crippen LogP contribution in [0.4, 0.5) is 0 Å². The van der Waals surface area contributed by atoms with Crippen LogP contribution in [-0.2, 0) is 7.05 Å². The number of fused-ring (bicyclic) bond motifs is 1. The lowest BCUT2D eigenvalue weighted by atomic mass is 10.1. The molecule has 2 aromatic carbocycles. The van der Waals surface area contributed by atoms with E-state index in [1.165, 1.54) is 11.8 Å². The van der Waals surface area contributed by atoms with Crippen LogP contribution in [0.1, 0.15) is 15.9 Å². The number of thioether (sulfide) groups is 1. The highest BCUT2D eigenvalue weighted by Gasteiger charge is 2.15. The van der Waals surface area contributed by atoms with E-state index in [9.17, 15) is 4.79 Å². The summed E-state index contributed by atoms with van der Waals surface area (Å²) in [5, 5.41) is 1.12. The first-order valence-electron chi connectivity index (χ1n) is 8.15. The summed E-state index contributed by atoms with van der Waals surface area (Å²) in [5.41, 5.74) is 2.72. The van der Waals surface area contributed by atoms with Crippen LogP contribution in [0.25, 0.3) is 17.0 Å². The Morgan fingerprint density at radius 2 is 1.92 bits per heavy atom. The van der Waals surface area contributed by atoms with Gasteiger partial charge in [-0.1, -0.05) is 18.2 Å².